The van der Waals surface area contributed by atoms with Crippen LogP contribution in [-0.4, -0.2) is 27.3 Å². The molecule has 0 bridgehead atoms. The molecule has 0 saturated heterocycles. The molecule has 3 N–H and O–H groups in total. The van der Waals surface area contributed by atoms with E-state index < -0.39 is 0 Å². The molecule has 0 amide bonds. The molecule has 0 aliphatic heterocycles. The Morgan fingerprint density at radius 3 is 2.74 bits per heavy atom. The lowest BCUT2D eigenvalue weighted by Crippen LogP contribution is -1.81. The summed E-state index contributed by atoms with van der Waals surface area (Å²) in [4.78, 5) is 7.47. The molecule has 1 aromatic heterocycles. The van der Waals surface area contributed by atoms with E-state index in [2.05, 4.69) is 9.97 Å². The fourth-order valence-electron chi connectivity index (χ4n) is 1.96. The number of nitrogens with zero attached hydrogens (tertiary/aromatic N) is 1. The molecule has 96 valence electrons. The largest absolute Gasteiger partial charge is 0.508 e. The smallest absolute Gasteiger partial charge is 0.142 e. The van der Waals surface area contributed by atoms with Crippen LogP contribution in [0.4, 0.5) is 0 Å². The summed E-state index contributed by atoms with van der Waals surface area (Å²) < 4.78 is 5.14. The van der Waals surface area contributed by atoms with E-state index in [9.17, 15) is 10.2 Å². The first-order valence-electron chi connectivity index (χ1n) is 5.73. The summed E-state index contributed by atoms with van der Waals surface area (Å²) in [5, 5.41) is 19.3. The Kier molecular flexibility index (Phi) is 2.52. The van der Waals surface area contributed by atoms with Gasteiger partial charge in [0.15, 0.2) is 0 Å². The highest BCUT2D eigenvalue weighted by Crippen LogP contribution is 2.32. The molecule has 1 heterocycles. The molecule has 0 atom stereocenters. The van der Waals surface area contributed by atoms with Gasteiger partial charge in [0.1, 0.15) is 23.1 Å². The highest BCUT2D eigenvalue weighted by atomic mass is 16.5. The van der Waals surface area contributed by atoms with Gasteiger partial charge in [0.2, 0.25) is 0 Å². The molecule has 0 radical (unpaired) electrons. The first-order chi connectivity index (χ1) is 9.17. The maximum atomic E-state index is 9.82. The van der Waals surface area contributed by atoms with Gasteiger partial charge < -0.3 is 19.9 Å². The Labute approximate surface area is 109 Å². The molecule has 0 aliphatic carbocycles. The molecule has 0 unspecified atom stereocenters. The summed E-state index contributed by atoms with van der Waals surface area (Å²) in [6.45, 7) is 0. The van der Waals surface area contributed by atoms with Crippen molar-refractivity contribution < 1.29 is 14.9 Å². The minimum Gasteiger partial charge on any atom is -0.508 e. The van der Waals surface area contributed by atoms with Gasteiger partial charge in [0.25, 0.3) is 0 Å². The summed E-state index contributed by atoms with van der Waals surface area (Å²) in [6, 6.07) is 9.78. The van der Waals surface area contributed by atoms with Crippen LogP contribution < -0.4 is 4.74 Å². The van der Waals surface area contributed by atoms with Crippen LogP contribution in [0.5, 0.6) is 17.2 Å². The Morgan fingerprint density at radius 1 is 1.11 bits per heavy atom. The SMILES string of the molecule is COc1ccc2nc(-c3cc(O)ccc3O)[nH]c2c1. The average Bonchev–Trinajstić information content (AvgIpc) is 2.83. The van der Waals surface area contributed by atoms with Gasteiger partial charge >= 0.3 is 0 Å². The number of aromatic nitrogens is 2. The van der Waals surface area contributed by atoms with Crippen molar-refractivity contribution in [2.45, 2.75) is 0 Å². The number of hydrogen-bond donors (Lipinski definition) is 3. The van der Waals surface area contributed by atoms with Crippen molar-refractivity contribution in [3.8, 4) is 28.6 Å². The Bertz CT molecular complexity index is 750. The van der Waals surface area contributed by atoms with E-state index in [0.717, 1.165) is 16.8 Å². The number of hydrogen-bond acceptors (Lipinski definition) is 4. The van der Waals surface area contributed by atoms with E-state index in [0.29, 0.717) is 11.4 Å². The fraction of sp³-hybridized carbons (Fsp3) is 0.0714. The standard InChI is InChI=1S/C14H12N2O3/c1-19-9-3-4-11-12(7-9)16-14(15-11)10-6-8(17)2-5-13(10)18/h2-7,17-18H,1H3,(H,15,16). The number of imidazole rings is 1. The van der Waals surface area contributed by atoms with E-state index in [1.54, 1.807) is 7.11 Å². The molecule has 0 aliphatic rings. The van der Waals surface area contributed by atoms with Gasteiger partial charge in [0.05, 0.1) is 23.7 Å². The van der Waals surface area contributed by atoms with E-state index in [4.69, 9.17) is 4.74 Å². The molecule has 3 rings (SSSR count). The lowest BCUT2D eigenvalue weighted by Gasteiger charge is -2.01. The first-order valence-corrected chi connectivity index (χ1v) is 5.73. The number of H-pyrrole nitrogens is 1. The van der Waals surface area contributed by atoms with E-state index >= 15 is 0 Å². The summed E-state index contributed by atoms with van der Waals surface area (Å²) in [7, 11) is 1.60. The maximum absolute atomic E-state index is 9.82. The molecule has 5 nitrogen and oxygen atoms in total. The van der Waals surface area contributed by atoms with Crippen molar-refractivity contribution in [2.24, 2.45) is 0 Å². The first kappa shape index (κ1) is 11.4. The minimum absolute atomic E-state index is 0.0591. The van der Waals surface area contributed by atoms with Gasteiger partial charge in [-0.25, -0.2) is 4.98 Å². The van der Waals surface area contributed by atoms with Crippen LogP contribution >= 0.6 is 0 Å². The molecule has 0 spiro atoms. The van der Waals surface area contributed by atoms with Gasteiger partial charge in [-0.3, -0.25) is 0 Å². The van der Waals surface area contributed by atoms with Crippen LogP contribution in [0.25, 0.3) is 22.4 Å². The zero-order chi connectivity index (χ0) is 13.4. The van der Waals surface area contributed by atoms with Gasteiger partial charge in [-0.15, -0.1) is 0 Å². The quantitative estimate of drug-likeness (QED) is 0.616. The second-order valence-electron chi connectivity index (χ2n) is 4.17. The van der Waals surface area contributed by atoms with Gasteiger partial charge in [-0.05, 0) is 30.3 Å². The van der Waals surface area contributed by atoms with Crippen LogP contribution in [0, 0.1) is 0 Å². The van der Waals surface area contributed by atoms with Gasteiger partial charge in [-0.2, -0.15) is 0 Å². The molecule has 3 aromatic rings. The third-order valence-corrected chi connectivity index (χ3v) is 2.92. The van der Waals surface area contributed by atoms with Crippen molar-refractivity contribution in [1.29, 1.82) is 0 Å². The van der Waals surface area contributed by atoms with Crippen LogP contribution in [0.3, 0.4) is 0 Å². The number of fused-ring (bicyclic) bond motifs is 1. The van der Waals surface area contributed by atoms with Crippen LogP contribution in [-0.2, 0) is 0 Å². The predicted octanol–water partition coefficient (Wildman–Crippen LogP) is 2.65. The molecule has 0 saturated carbocycles. The number of aromatic hydroxyl groups is 2. The molecular weight excluding hydrogens is 244 g/mol. The lowest BCUT2D eigenvalue weighted by atomic mass is 10.2. The van der Waals surface area contributed by atoms with Crippen LogP contribution in [0.1, 0.15) is 0 Å². The van der Waals surface area contributed by atoms with Crippen molar-refractivity contribution >= 4 is 11.0 Å². The summed E-state index contributed by atoms with van der Waals surface area (Å²) in [5.74, 6) is 1.36. The Hall–Kier alpha value is -2.69. The van der Waals surface area contributed by atoms with E-state index in [1.165, 1.54) is 18.2 Å². The third kappa shape index (κ3) is 1.95. The Balaban J connectivity index is 2.17. The summed E-state index contributed by atoms with van der Waals surface area (Å²) >= 11 is 0. The zero-order valence-corrected chi connectivity index (χ0v) is 10.2. The van der Waals surface area contributed by atoms with Crippen LogP contribution in [0.2, 0.25) is 0 Å². The van der Waals surface area contributed by atoms with Crippen molar-refractivity contribution in [3.63, 3.8) is 0 Å². The zero-order valence-electron chi connectivity index (χ0n) is 10.2. The Morgan fingerprint density at radius 2 is 1.95 bits per heavy atom. The molecule has 2 aromatic carbocycles. The number of aromatic amines is 1. The fourth-order valence-corrected chi connectivity index (χ4v) is 1.96. The molecule has 0 fully saturated rings. The van der Waals surface area contributed by atoms with Gasteiger partial charge in [-0.1, -0.05) is 0 Å². The average molecular weight is 256 g/mol. The van der Waals surface area contributed by atoms with Crippen molar-refractivity contribution in [3.05, 3.63) is 36.4 Å². The molecule has 5 heteroatoms. The number of nitrogens with one attached hydrogen (secondary N) is 1. The van der Waals surface area contributed by atoms with E-state index in [-0.39, 0.29) is 11.5 Å². The third-order valence-electron chi connectivity index (χ3n) is 2.92. The van der Waals surface area contributed by atoms with Crippen molar-refractivity contribution in [1.82, 2.24) is 9.97 Å². The number of ether oxygens (including phenoxy) is 1. The second kappa shape index (κ2) is 4.20. The van der Waals surface area contributed by atoms with E-state index in [1.807, 2.05) is 18.2 Å². The number of phenols is 2. The monoisotopic (exact) mass is 256 g/mol. The summed E-state index contributed by atoms with van der Waals surface area (Å²) in [5.41, 5.74) is 2.02. The summed E-state index contributed by atoms with van der Waals surface area (Å²) in [6.07, 6.45) is 0. The minimum atomic E-state index is 0.0591. The lowest BCUT2D eigenvalue weighted by molar-refractivity contribution is 0.415. The molecule has 19 heavy (non-hydrogen) atoms. The maximum Gasteiger partial charge on any atom is 0.142 e. The van der Waals surface area contributed by atoms with Crippen LogP contribution in [0.15, 0.2) is 36.4 Å². The number of rotatable bonds is 2. The van der Waals surface area contributed by atoms with Crippen molar-refractivity contribution in [2.75, 3.05) is 7.11 Å². The normalized spacial score (nSPS) is 10.8. The molecular formula is C14H12N2O3. The van der Waals surface area contributed by atoms with Gasteiger partial charge in [0, 0.05) is 6.07 Å². The second-order valence-corrected chi connectivity index (χ2v) is 4.17. The number of benzene rings is 2. The topological polar surface area (TPSA) is 78.4 Å². The number of phenolic OH excluding ortho intramolecular Hbond substituents is 2. The predicted molar refractivity (Wildman–Crippen MR) is 71.4 cm³/mol. The highest BCUT2D eigenvalue weighted by Gasteiger charge is 2.11. The highest BCUT2D eigenvalue weighted by molar-refractivity contribution is 5.82. The number of methoxy groups -OCH3 is 1.